The number of esters is 1. The molecule has 2 heterocycles. The van der Waals surface area contributed by atoms with Crippen LogP contribution in [0.5, 0.6) is 0 Å². The molecule has 0 bridgehead atoms. The Labute approximate surface area is 117 Å². The molecule has 8 atom stereocenters. The summed E-state index contributed by atoms with van der Waals surface area (Å²) in [6.07, 6.45) is 0.447. The molecule has 2 aliphatic carbocycles. The van der Waals surface area contributed by atoms with Crippen molar-refractivity contribution in [2.24, 2.45) is 17.8 Å². The maximum atomic E-state index is 11.8. The van der Waals surface area contributed by atoms with Gasteiger partial charge in [0.2, 0.25) is 0 Å². The zero-order chi connectivity index (χ0) is 14.4. The maximum Gasteiger partial charge on any atom is 0.334 e. The predicted octanol–water partition coefficient (Wildman–Crippen LogP) is 0.393. The molecule has 4 fully saturated rings. The van der Waals surface area contributed by atoms with E-state index in [1.54, 1.807) is 13.8 Å². The molecule has 0 aromatic heterocycles. The zero-order valence-corrected chi connectivity index (χ0v) is 11.7. The van der Waals surface area contributed by atoms with Gasteiger partial charge in [0.15, 0.2) is 0 Å². The molecular formula is C15H20O5. The molecule has 20 heavy (non-hydrogen) atoms. The number of fused-ring (bicyclic) bond motifs is 5. The van der Waals surface area contributed by atoms with Crippen molar-refractivity contribution in [2.45, 2.75) is 56.2 Å². The number of carbonyl (C=O) groups excluding carboxylic acids is 1. The predicted molar refractivity (Wildman–Crippen MR) is 68.6 cm³/mol. The summed E-state index contributed by atoms with van der Waals surface area (Å²) in [6.45, 7) is 7.37. The fourth-order valence-corrected chi connectivity index (χ4v) is 4.81. The summed E-state index contributed by atoms with van der Waals surface area (Å²) < 4.78 is 11.1. The van der Waals surface area contributed by atoms with Gasteiger partial charge in [-0.1, -0.05) is 6.58 Å². The average molecular weight is 280 g/mol. The van der Waals surface area contributed by atoms with Crippen molar-refractivity contribution in [2.75, 3.05) is 0 Å². The minimum absolute atomic E-state index is 0.104. The number of carbonyl (C=O) groups is 1. The number of epoxide rings is 1. The molecule has 0 radical (unpaired) electrons. The van der Waals surface area contributed by atoms with Crippen LogP contribution < -0.4 is 0 Å². The molecule has 2 N–H and O–H groups in total. The summed E-state index contributed by atoms with van der Waals surface area (Å²) in [5.41, 5.74) is -1.51. The fourth-order valence-electron chi connectivity index (χ4n) is 4.81. The summed E-state index contributed by atoms with van der Waals surface area (Å²) in [5.74, 6) is -0.960. The third-order valence-electron chi connectivity index (χ3n) is 5.90. The van der Waals surface area contributed by atoms with E-state index in [4.69, 9.17) is 9.47 Å². The van der Waals surface area contributed by atoms with E-state index in [0.29, 0.717) is 18.4 Å². The lowest BCUT2D eigenvalue weighted by atomic mass is 9.73. The summed E-state index contributed by atoms with van der Waals surface area (Å²) in [5, 5.41) is 21.6. The van der Waals surface area contributed by atoms with E-state index in [1.807, 2.05) is 0 Å². The Balaban J connectivity index is 1.81. The average Bonchev–Trinajstić information content (AvgIpc) is 3.04. The third-order valence-corrected chi connectivity index (χ3v) is 5.90. The van der Waals surface area contributed by atoms with Gasteiger partial charge in [-0.15, -0.1) is 0 Å². The van der Waals surface area contributed by atoms with Crippen molar-refractivity contribution < 1.29 is 24.5 Å². The molecule has 2 aliphatic heterocycles. The monoisotopic (exact) mass is 280 g/mol. The standard InChI is InChI=1S/C15H20O5/c1-6-7-4-5-14(2,17)8-9(10(7)20-13(6)16)15(3,18)12-11(8)19-12/h7-12,17-18H,1,4-5H2,2-3H3/t7-,8?,9?,10-,11+,12+,14+,15-/m0/s1. The molecule has 0 amide bonds. The van der Waals surface area contributed by atoms with Gasteiger partial charge in [0.25, 0.3) is 0 Å². The summed E-state index contributed by atoms with van der Waals surface area (Å²) in [4.78, 5) is 11.8. The minimum Gasteiger partial charge on any atom is -0.458 e. The SMILES string of the molecule is C=C1C(=O)O[C@@H]2C3C([C@H]4O[C@H]4[C@@]3(C)O)[C@](C)(O)CC[C@@H]12. The highest BCUT2D eigenvalue weighted by Gasteiger charge is 2.75. The summed E-state index contributed by atoms with van der Waals surface area (Å²) in [6, 6.07) is 0. The second-order valence-corrected chi connectivity index (χ2v) is 7.20. The van der Waals surface area contributed by atoms with E-state index in [1.165, 1.54) is 0 Å². The Morgan fingerprint density at radius 3 is 2.65 bits per heavy atom. The van der Waals surface area contributed by atoms with Gasteiger partial charge in [0.05, 0.1) is 17.3 Å². The first kappa shape index (κ1) is 12.8. The zero-order valence-electron chi connectivity index (χ0n) is 11.7. The normalized spacial score (nSPS) is 60.4. The number of hydrogen-bond acceptors (Lipinski definition) is 5. The van der Waals surface area contributed by atoms with Crippen LogP contribution in [0, 0.1) is 17.8 Å². The topological polar surface area (TPSA) is 79.3 Å². The molecule has 5 heteroatoms. The van der Waals surface area contributed by atoms with Crippen LogP contribution >= 0.6 is 0 Å². The van der Waals surface area contributed by atoms with Crippen molar-refractivity contribution in [3.63, 3.8) is 0 Å². The smallest absolute Gasteiger partial charge is 0.334 e. The van der Waals surface area contributed by atoms with Crippen LogP contribution in [-0.4, -0.2) is 45.7 Å². The Morgan fingerprint density at radius 1 is 1.25 bits per heavy atom. The van der Waals surface area contributed by atoms with Crippen molar-refractivity contribution in [3.8, 4) is 0 Å². The number of rotatable bonds is 0. The van der Waals surface area contributed by atoms with Gasteiger partial charge in [0, 0.05) is 23.3 Å². The van der Waals surface area contributed by atoms with E-state index in [9.17, 15) is 15.0 Å². The highest BCUT2D eigenvalue weighted by molar-refractivity contribution is 5.90. The van der Waals surface area contributed by atoms with E-state index in [0.717, 1.165) is 0 Å². The molecule has 0 aromatic rings. The van der Waals surface area contributed by atoms with E-state index in [2.05, 4.69) is 6.58 Å². The van der Waals surface area contributed by atoms with Crippen molar-refractivity contribution in [1.29, 1.82) is 0 Å². The molecule has 2 saturated carbocycles. The number of hydrogen-bond donors (Lipinski definition) is 2. The second kappa shape index (κ2) is 3.46. The molecule has 2 saturated heterocycles. The molecule has 4 aliphatic rings. The van der Waals surface area contributed by atoms with Crippen LogP contribution in [0.15, 0.2) is 12.2 Å². The largest absolute Gasteiger partial charge is 0.458 e. The molecular weight excluding hydrogens is 260 g/mol. The van der Waals surface area contributed by atoms with Crippen LogP contribution in [0.2, 0.25) is 0 Å². The molecule has 5 nitrogen and oxygen atoms in total. The lowest BCUT2D eigenvalue weighted by molar-refractivity contribution is -0.160. The Bertz CT molecular complexity index is 508. The summed E-state index contributed by atoms with van der Waals surface area (Å²) in [7, 11) is 0. The second-order valence-electron chi connectivity index (χ2n) is 7.20. The third kappa shape index (κ3) is 1.36. The van der Waals surface area contributed by atoms with Gasteiger partial charge in [-0.25, -0.2) is 4.79 Å². The molecule has 0 aromatic carbocycles. The van der Waals surface area contributed by atoms with E-state index < -0.39 is 11.2 Å². The molecule has 110 valence electrons. The van der Waals surface area contributed by atoms with Crippen LogP contribution in [0.1, 0.15) is 26.7 Å². The van der Waals surface area contributed by atoms with Crippen molar-refractivity contribution in [3.05, 3.63) is 12.2 Å². The first-order chi connectivity index (χ1) is 9.25. The van der Waals surface area contributed by atoms with Crippen LogP contribution in [0.25, 0.3) is 0 Å². The number of aliphatic hydroxyl groups is 2. The Hall–Kier alpha value is -0.910. The van der Waals surface area contributed by atoms with E-state index >= 15 is 0 Å². The van der Waals surface area contributed by atoms with Gasteiger partial charge in [0.1, 0.15) is 12.2 Å². The van der Waals surface area contributed by atoms with Gasteiger partial charge in [-0.3, -0.25) is 0 Å². The number of ether oxygens (including phenoxy) is 2. The quantitative estimate of drug-likeness (QED) is 0.381. The van der Waals surface area contributed by atoms with Crippen LogP contribution in [0.3, 0.4) is 0 Å². The first-order valence-electron chi connectivity index (χ1n) is 7.25. The van der Waals surface area contributed by atoms with Gasteiger partial charge in [-0.05, 0) is 26.7 Å². The highest BCUT2D eigenvalue weighted by atomic mass is 16.6. The first-order valence-corrected chi connectivity index (χ1v) is 7.25. The minimum atomic E-state index is -1.07. The lowest BCUT2D eigenvalue weighted by Gasteiger charge is -2.40. The van der Waals surface area contributed by atoms with Crippen LogP contribution in [0.4, 0.5) is 0 Å². The molecule has 2 unspecified atom stereocenters. The van der Waals surface area contributed by atoms with Crippen molar-refractivity contribution >= 4 is 5.97 Å². The Kier molecular flexibility index (Phi) is 2.21. The van der Waals surface area contributed by atoms with Gasteiger partial charge >= 0.3 is 5.97 Å². The summed E-state index contributed by atoms with van der Waals surface area (Å²) >= 11 is 0. The Morgan fingerprint density at radius 2 is 1.95 bits per heavy atom. The fraction of sp³-hybridized carbons (Fsp3) is 0.800. The maximum absolute atomic E-state index is 11.8. The molecule has 4 rings (SSSR count). The van der Waals surface area contributed by atoms with Crippen molar-refractivity contribution in [1.82, 2.24) is 0 Å². The van der Waals surface area contributed by atoms with Crippen LogP contribution in [-0.2, 0) is 14.3 Å². The van der Waals surface area contributed by atoms with Gasteiger partial charge < -0.3 is 19.7 Å². The highest BCUT2D eigenvalue weighted by Crippen LogP contribution is 2.62. The van der Waals surface area contributed by atoms with Gasteiger partial charge in [-0.2, -0.15) is 0 Å². The molecule has 0 spiro atoms. The van der Waals surface area contributed by atoms with E-state index in [-0.39, 0.29) is 42.0 Å². The lowest BCUT2D eigenvalue weighted by Crippen LogP contribution is -2.50.